The lowest BCUT2D eigenvalue weighted by Gasteiger charge is -2.01. The van der Waals surface area contributed by atoms with Gasteiger partial charge in [0.15, 0.2) is 5.76 Å². The van der Waals surface area contributed by atoms with E-state index < -0.39 is 0 Å². The third-order valence-corrected chi connectivity index (χ3v) is 3.71. The molecule has 0 radical (unpaired) electrons. The van der Waals surface area contributed by atoms with Gasteiger partial charge in [0.05, 0.1) is 0 Å². The zero-order chi connectivity index (χ0) is 15.8. The highest BCUT2D eigenvalue weighted by Crippen LogP contribution is 2.33. The van der Waals surface area contributed by atoms with Crippen LogP contribution in [-0.2, 0) is 0 Å². The highest BCUT2D eigenvalue weighted by molar-refractivity contribution is 7.99. The number of nitrogens with zero attached hydrogens (tertiary/aromatic N) is 1. The molecule has 0 atom stereocenters. The van der Waals surface area contributed by atoms with Gasteiger partial charge in [-0.1, -0.05) is 79.4 Å². The maximum absolute atomic E-state index is 6.00. The van der Waals surface area contributed by atoms with Crippen molar-refractivity contribution in [3.05, 3.63) is 66.4 Å². The summed E-state index contributed by atoms with van der Waals surface area (Å²) in [6.07, 6.45) is 10.2. The average molecular weight is 311 g/mol. The van der Waals surface area contributed by atoms with E-state index in [9.17, 15) is 0 Å². The van der Waals surface area contributed by atoms with Crippen LogP contribution in [-0.4, -0.2) is 10.7 Å². The minimum atomic E-state index is 0.715. The van der Waals surface area contributed by atoms with Gasteiger partial charge in [-0.25, -0.2) is 4.98 Å². The minimum Gasteiger partial charge on any atom is -0.431 e. The Morgan fingerprint density at radius 3 is 2.59 bits per heavy atom. The SMILES string of the molecule is C\C=C/C=C(\C=C/C)c1nc(SCC)oc1-c1ccccc1. The molecular weight excluding hydrogens is 290 g/mol. The van der Waals surface area contributed by atoms with E-state index in [-0.39, 0.29) is 0 Å². The van der Waals surface area contributed by atoms with Crippen molar-refractivity contribution in [3.63, 3.8) is 0 Å². The Morgan fingerprint density at radius 2 is 1.95 bits per heavy atom. The molecule has 0 spiro atoms. The van der Waals surface area contributed by atoms with Crippen LogP contribution in [0.3, 0.4) is 0 Å². The van der Waals surface area contributed by atoms with Gasteiger partial charge in [-0.2, -0.15) is 0 Å². The fourth-order valence-electron chi connectivity index (χ4n) is 2.06. The van der Waals surface area contributed by atoms with Crippen molar-refractivity contribution < 1.29 is 4.42 Å². The Morgan fingerprint density at radius 1 is 1.18 bits per heavy atom. The number of hydrogen-bond donors (Lipinski definition) is 0. The molecule has 22 heavy (non-hydrogen) atoms. The molecule has 0 amide bonds. The molecule has 0 fully saturated rings. The predicted octanol–water partition coefficient (Wildman–Crippen LogP) is 5.99. The summed E-state index contributed by atoms with van der Waals surface area (Å²) in [6, 6.07) is 10.1. The van der Waals surface area contributed by atoms with Crippen LogP contribution in [0.1, 0.15) is 26.5 Å². The van der Waals surface area contributed by atoms with E-state index in [1.807, 2.05) is 62.4 Å². The summed E-state index contributed by atoms with van der Waals surface area (Å²) < 4.78 is 6.00. The molecule has 0 aliphatic heterocycles. The summed E-state index contributed by atoms with van der Waals surface area (Å²) >= 11 is 1.62. The molecule has 0 aliphatic rings. The third kappa shape index (κ3) is 4.01. The summed E-state index contributed by atoms with van der Waals surface area (Å²) in [6.45, 7) is 6.11. The molecule has 1 aromatic carbocycles. The lowest BCUT2D eigenvalue weighted by atomic mass is 10.1. The second-order valence-corrected chi connectivity index (χ2v) is 5.82. The summed E-state index contributed by atoms with van der Waals surface area (Å²) in [4.78, 5) is 4.69. The summed E-state index contributed by atoms with van der Waals surface area (Å²) in [5.41, 5.74) is 2.98. The topological polar surface area (TPSA) is 26.0 Å². The van der Waals surface area contributed by atoms with Crippen molar-refractivity contribution in [2.75, 3.05) is 5.75 Å². The minimum absolute atomic E-state index is 0.715. The Kier molecular flexibility index (Phi) is 6.28. The third-order valence-electron chi connectivity index (χ3n) is 3.00. The van der Waals surface area contributed by atoms with E-state index in [0.29, 0.717) is 5.22 Å². The van der Waals surface area contributed by atoms with Crippen molar-refractivity contribution in [2.45, 2.75) is 26.0 Å². The van der Waals surface area contributed by atoms with Crippen LogP contribution in [0.25, 0.3) is 16.9 Å². The quantitative estimate of drug-likeness (QED) is 0.484. The van der Waals surface area contributed by atoms with Crippen molar-refractivity contribution in [1.29, 1.82) is 0 Å². The Labute approximate surface area is 136 Å². The van der Waals surface area contributed by atoms with E-state index in [1.165, 1.54) is 0 Å². The largest absolute Gasteiger partial charge is 0.431 e. The normalized spacial score (nSPS) is 12.6. The standard InChI is InChI=1S/C19H21NOS/c1-4-7-12-15(11-5-2)17-18(16-13-9-8-10-14-16)21-19(20-17)22-6-3/h4-5,7-14H,6H2,1-3H3/b7-4-,11-5-,15-12+. The average Bonchev–Trinajstić information content (AvgIpc) is 2.96. The molecule has 1 aromatic heterocycles. The van der Waals surface area contributed by atoms with Crippen LogP contribution >= 0.6 is 11.8 Å². The van der Waals surface area contributed by atoms with Crippen molar-refractivity contribution in [2.24, 2.45) is 0 Å². The predicted molar refractivity (Wildman–Crippen MR) is 95.9 cm³/mol. The maximum Gasteiger partial charge on any atom is 0.256 e. The van der Waals surface area contributed by atoms with E-state index in [1.54, 1.807) is 11.8 Å². The maximum atomic E-state index is 6.00. The zero-order valence-electron chi connectivity index (χ0n) is 13.2. The molecule has 114 valence electrons. The highest BCUT2D eigenvalue weighted by Gasteiger charge is 2.17. The van der Waals surface area contributed by atoms with Gasteiger partial charge in [0.2, 0.25) is 0 Å². The molecule has 1 heterocycles. The number of oxazole rings is 1. The van der Waals surface area contributed by atoms with Gasteiger partial charge in [0.1, 0.15) is 5.69 Å². The summed E-state index contributed by atoms with van der Waals surface area (Å²) in [5.74, 6) is 1.76. The molecule has 2 rings (SSSR count). The van der Waals surface area contributed by atoms with E-state index in [0.717, 1.165) is 28.3 Å². The van der Waals surface area contributed by atoms with Crippen molar-refractivity contribution in [3.8, 4) is 11.3 Å². The molecule has 2 aromatic rings. The van der Waals surface area contributed by atoms with Gasteiger partial charge in [0, 0.05) is 11.1 Å². The molecule has 2 nitrogen and oxygen atoms in total. The number of benzene rings is 1. The van der Waals surface area contributed by atoms with E-state index >= 15 is 0 Å². The first-order chi connectivity index (χ1) is 10.8. The van der Waals surface area contributed by atoms with Gasteiger partial charge in [-0.3, -0.25) is 0 Å². The number of hydrogen-bond acceptors (Lipinski definition) is 3. The second kappa shape index (κ2) is 8.44. The van der Waals surface area contributed by atoms with Gasteiger partial charge in [0.25, 0.3) is 5.22 Å². The van der Waals surface area contributed by atoms with Gasteiger partial charge in [-0.05, 0) is 19.6 Å². The molecule has 0 bridgehead atoms. The molecular formula is C19H21NOS. The van der Waals surface area contributed by atoms with Crippen LogP contribution in [0.4, 0.5) is 0 Å². The fourth-order valence-corrected chi connectivity index (χ4v) is 2.60. The van der Waals surface area contributed by atoms with Gasteiger partial charge < -0.3 is 4.42 Å². The lowest BCUT2D eigenvalue weighted by Crippen LogP contribution is -1.86. The molecule has 0 unspecified atom stereocenters. The smallest absolute Gasteiger partial charge is 0.256 e. The van der Waals surface area contributed by atoms with E-state index in [4.69, 9.17) is 9.40 Å². The lowest BCUT2D eigenvalue weighted by molar-refractivity contribution is 0.466. The fraction of sp³-hybridized carbons (Fsp3) is 0.211. The van der Waals surface area contributed by atoms with Crippen molar-refractivity contribution >= 4 is 17.3 Å². The Balaban J connectivity index is 2.57. The zero-order valence-corrected chi connectivity index (χ0v) is 14.1. The Hall–Kier alpha value is -2.00. The monoisotopic (exact) mass is 311 g/mol. The van der Waals surface area contributed by atoms with Crippen LogP contribution < -0.4 is 0 Å². The van der Waals surface area contributed by atoms with Crippen LogP contribution in [0.2, 0.25) is 0 Å². The van der Waals surface area contributed by atoms with E-state index in [2.05, 4.69) is 19.1 Å². The summed E-state index contributed by atoms with van der Waals surface area (Å²) in [5, 5.41) is 0.715. The van der Waals surface area contributed by atoms with Crippen molar-refractivity contribution in [1.82, 2.24) is 4.98 Å². The molecule has 0 saturated heterocycles. The van der Waals surface area contributed by atoms with Gasteiger partial charge in [-0.15, -0.1) is 0 Å². The molecule has 0 N–H and O–H groups in total. The molecule has 0 saturated carbocycles. The summed E-state index contributed by atoms with van der Waals surface area (Å²) in [7, 11) is 0. The second-order valence-electron chi connectivity index (χ2n) is 4.60. The van der Waals surface area contributed by atoms with Crippen LogP contribution in [0, 0.1) is 0 Å². The first kappa shape index (κ1) is 16.4. The van der Waals surface area contributed by atoms with Gasteiger partial charge >= 0.3 is 0 Å². The number of rotatable bonds is 6. The number of thioether (sulfide) groups is 1. The Bertz CT molecular complexity index is 681. The number of allylic oxidation sites excluding steroid dienone is 6. The number of aromatic nitrogens is 1. The van der Waals surface area contributed by atoms with Crippen LogP contribution in [0.5, 0.6) is 0 Å². The highest BCUT2D eigenvalue weighted by atomic mass is 32.2. The van der Waals surface area contributed by atoms with Crippen LogP contribution in [0.15, 0.2) is 70.4 Å². The molecule has 3 heteroatoms. The molecule has 0 aliphatic carbocycles. The first-order valence-electron chi connectivity index (χ1n) is 7.45. The first-order valence-corrected chi connectivity index (χ1v) is 8.43.